The van der Waals surface area contributed by atoms with Crippen molar-refractivity contribution in [2.24, 2.45) is 0 Å². The number of hydrogen-bond acceptors (Lipinski definition) is 6. The highest BCUT2D eigenvalue weighted by Crippen LogP contribution is 2.55. The lowest BCUT2D eigenvalue weighted by Crippen LogP contribution is -2.56. The van der Waals surface area contributed by atoms with E-state index in [-0.39, 0.29) is 10.8 Å². The highest BCUT2D eigenvalue weighted by atomic mass is 16.2. The molecule has 6 aromatic carbocycles. The van der Waals surface area contributed by atoms with Crippen molar-refractivity contribution >= 4 is 57.8 Å². The summed E-state index contributed by atoms with van der Waals surface area (Å²) in [5.74, 6) is -1.59. The number of rotatable bonds is 4. The molecule has 11 rings (SSSR count). The van der Waals surface area contributed by atoms with Crippen LogP contribution in [-0.4, -0.2) is 45.5 Å². The van der Waals surface area contributed by atoms with Crippen molar-refractivity contribution in [2.75, 3.05) is 9.80 Å². The second-order valence-corrected chi connectivity index (χ2v) is 17.8. The number of fused-ring (bicyclic) bond motifs is 6. The lowest BCUT2D eigenvalue weighted by atomic mass is 9.73. The van der Waals surface area contributed by atoms with Crippen molar-refractivity contribution in [1.29, 1.82) is 0 Å². The molecule has 0 aromatic heterocycles. The van der Waals surface area contributed by atoms with Crippen molar-refractivity contribution in [1.82, 2.24) is 9.80 Å². The number of anilines is 6. The van der Waals surface area contributed by atoms with Gasteiger partial charge in [0.15, 0.2) is 0 Å². The second kappa shape index (κ2) is 12.8. The molecule has 0 spiro atoms. The van der Waals surface area contributed by atoms with Crippen LogP contribution in [0.1, 0.15) is 117 Å². The van der Waals surface area contributed by atoms with Gasteiger partial charge in [-0.1, -0.05) is 125 Å². The summed E-state index contributed by atoms with van der Waals surface area (Å²) in [5.41, 5.74) is 10.3. The van der Waals surface area contributed by atoms with Gasteiger partial charge in [-0.3, -0.25) is 29.0 Å². The molecule has 60 heavy (non-hydrogen) atoms. The normalized spacial score (nSPS) is 20.7. The molecule has 0 saturated heterocycles. The molecule has 0 N–H and O–H groups in total. The molecule has 2 atom stereocenters. The van der Waals surface area contributed by atoms with Crippen LogP contribution in [-0.2, 0) is 10.8 Å². The zero-order chi connectivity index (χ0) is 41.2. The van der Waals surface area contributed by atoms with Crippen LogP contribution < -0.4 is 9.80 Å². The van der Waals surface area contributed by atoms with E-state index in [1.807, 2.05) is 72.8 Å². The Kier molecular flexibility index (Phi) is 7.77. The van der Waals surface area contributed by atoms with Gasteiger partial charge in [0.2, 0.25) is 0 Å². The van der Waals surface area contributed by atoms with Gasteiger partial charge in [0.05, 0.1) is 68.5 Å². The van der Waals surface area contributed by atoms with E-state index >= 15 is 9.59 Å². The molecular weight excluding hydrogens is 745 g/mol. The minimum Gasteiger partial charge on any atom is -0.309 e. The summed E-state index contributed by atoms with van der Waals surface area (Å²) < 4.78 is 0. The molecule has 6 aromatic rings. The lowest BCUT2D eigenvalue weighted by molar-refractivity contribution is 0.0291. The van der Waals surface area contributed by atoms with Gasteiger partial charge in [-0.05, 0) is 83.6 Å². The minimum atomic E-state index is -0.693. The van der Waals surface area contributed by atoms with Gasteiger partial charge in [0.25, 0.3) is 23.6 Å². The number of imide groups is 2. The third-order valence-corrected chi connectivity index (χ3v) is 14.0. The quantitative estimate of drug-likeness (QED) is 0.166. The third kappa shape index (κ3) is 4.79. The van der Waals surface area contributed by atoms with Crippen LogP contribution >= 0.6 is 0 Å². The fraction of sp³-hybridized carbons (Fsp3) is 0.231. The van der Waals surface area contributed by atoms with Gasteiger partial charge >= 0.3 is 0 Å². The van der Waals surface area contributed by atoms with E-state index in [4.69, 9.17) is 0 Å². The molecule has 1 aliphatic carbocycles. The summed E-state index contributed by atoms with van der Waals surface area (Å²) in [7, 11) is 0. The van der Waals surface area contributed by atoms with Crippen LogP contribution in [0.5, 0.6) is 0 Å². The lowest BCUT2D eigenvalue weighted by Gasteiger charge is -2.42. The van der Waals surface area contributed by atoms with Crippen molar-refractivity contribution in [2.45, 2.75) is 76.3 Å². The van der Waals surface area contributed by atoms with Gasteiger partial charge in [-0.15, -0.1) is 0 Å². The van der Waals surface area contributed by atoms with Gasteiger partial charge in [-0.2, -0.15) is 0 Å². The molecule has 4 aliphatic heterocycles. The van der Waals surface area contributed by atoms with Crippen molar-refractivity contribution in [3.63, 3.8) is 0 Å². The van der Waals surface area contributed by atoms with Gasteiger partial charge < -0.3 is 9.80 Å². The number of hydrogen-bond donors (Lipinski definition) is 0. The Hall–Kier alpha value is -6.80. The molecule has 0 radical (unpaired) electrons. The molecule has 296 valence electrons. The van der Waals surface area contributed by atoms with Crippen LogP contribution in [0.25, 0.3) is 0 Å². The zero-order valence-electron chi connectivity index (χ0n) is 34.1. The number of carbonyl (C=O) groups excluding carboxylic acids is 4. The molecule has 4 amide bonds. The molecule has 8 nitrogen and oxygen atoms in total. The zero-order valence-corrected chi connectivity index (χ0v) is 34.1. The van der Waals surface area contributed by atoms with E-state index in [9.17, 15) is 9.59 Å². The first kappa shape index (κ1) is 36.3. The highest BCUT2D eigenvalue weighted by Gasteiger charge is 2.52. The number of nitrogens with zero attached hydrogens (tertiary/aromatic N) is 4. The van der Waals surface area contributed by atoms with E-state index in [0.29, 0.717) is 46.5 Å². The molecule has 0 bridgehead atoms. The van der Waals surface area contributed by atoms with Crippen LogP contribution in [0.4, 0.5) is 34.1 Å². The number of carbonyl (C=O) groups is 4. The highest BCUT2D eigenvalue weighted by molar-refractivity contribution is 6.26. The van der Waals surface area contributed by atoms with E-state index in [1.54, 1.807) is 12.1 Å². The standard InChI is InChI=1S/C52H44N4O4/c1-51(2)33-19-5-9-23-37(33)53(38-24-10-6-20-34(38)51)43-29-15-17-31-45(43)49(59)55(47(31)57)41-27-13-14-28-42(41)56-48(58)32-18-16-30-44(46(32)50(56)60)54-39-25-11-7-21-35(39)52(3,4)36-22-8-12-26-40(36)54/h5-12,15-26,29-30,41-42H,13-14,27-28H2,1-4H3. The van der Waals surface area contributed by atoms with E-state index in [2.05, 4.69) is 86.0 Å². The van der Waals surface area contributed by atoms with Gasteiger partial charge in [0, 0.05) is 10.8 Å². The van der Waals surface area contributed by atoms with Crippen molar-refractivity contribution in [3.05, 3.63) is 178 Å². The van der Waals surface area contributed by atoms with Crippen molar-refractivity contribution < 1.29 is 19.2 Å². The predicted octanol–water partition coefficient (Wildman–Crippen LogP) is 11.1. The molecular formula is C52H44N4O4. The molecule has 1 fully saturated rings. The first-order chi connectivity index (χ1) is 29.0. The average Bonchev–Trinajstić information content (AvgIpc) is 3.68. The summed E-state index contributed by atoms with van der Waals surface area (Å²) in [6.07, 6.45) is 2.48. The maximum absolute atomic E-state index is 15.1. The van der Waals surface area contributed by atoms with Crippen LogP contribution in [0, 0.1) is 0 Å². The van der Waals surface area contributed by atoms with E-state index < -0.39 is 35.7 Å². The topological polar surface area (TPSA) is 81.2 Å². The Bertz CT molecular complexity index is 2580. The SMILES string of the molecule is CC1(C)c2ccccc2N(c2cccc3c2C(=O)N(C2CCCCC2N2C(=O)c4cccc(N5c6ccccc6C(C)(C)c6ccccc65)c4C2=O)C3=O)c2ccccc21. The smallest absolute Gasteiger partial charge is 0.264 e. The Balaban J connectivity index is 0.987. The maximum atomic E-state index is 15.1. The average molecular weight is 789 g/mol. The van der Waals surface area contributed by atoms with E-state index in [0.717, 1.165) is 57.8 Å². The first-order valence-corrected chi connectivity index (χ1v) is 21.0. The Morgan fingerprint density at radius 3 is 1.02 bits per heavy atom. The van der Waals surface area contributed by atoms with Crippen LogP contribution in [0.3, 0.4) is 0 Å². The Morgan fingerprint density at radius 2 is 0.683 bits per heavy atom. The van der Waals surface area contributed by atoms with Crippen LogP contribution in [0.15, 0.2) is 133 Å². The number of para-hydroxylation sites is 4. The summed E-state index contributed by atoms with van der Waals surface area (Å²) in [6.45, 7) is 8.85. The molecule has 8 heteroatoms. The molecule has 2 unspecified atom stereocenters. The number of benzene rings is 6. The Labute approximate surface area is 349 Å². The fourth-order valence-corrected chi connectivity index (χ4v) is 11.1. The molecule has 5 aliphatic rings. The maximum Gasteiger partial charge on any atom is 0.264 e. The number of amides is 4. The molecule has 1 saturated carbocycles. The Morgan fingerprint density at radius 1 is 0.383 bits per heavy atom. The van der Waals surface area contributed by atoms with Crippen molar-refractivity contribution in [3.8, 4) is 0 Å². The summed E-state index contributed by atoms with van der Waals surface area (Å²) >= 11 is 0. The summed E-state index contributed by atoms with van der Waals surface area (Å²) in [4.78, 5) is 66.6. The monoisotopic (exact) mass is 788 g/mol. The summed E-state index contributed by atoms with van der Waals surface area (Å²) in [5, 5.41) is 0. The molecule has 4 heterocycles. The van der Waals surface area contributed by atoms with E-state index in [1.165, 1.54) is 9.80 Å². The summed E-state index contributed by atoms with van der Waals surface area (Å²) in [6, 6.07) is 42.5. The predicted molar refractivity (Wildman–Crippen MR) is 234 cm³/mol. The third-order valence-electron chi connectivity index (χ3n) is 14.0. The fourth-order valence-electron chi connectivity index (χ4n) is 11.1. The first-order valence-electron chi connectivity index (χ1n) is 21.0. The van der Waals surface area contributed by atoms with Gasteiger partial charge in [-0.25, -0.2) is 0 Å². The van der Waals surface area contributed by atoms with Crippen LogP contribution in [0.2, 0.25) is 0 Å². The second-order valence-electron chi connectivity index (χ2n) is 17.8. The van der Waals surface area contributed by atoms with Gasteiger partial charge in [0.1, 0.15) is 0 Å². The minimum absolute atomic E-state index is 0.299. The largest absolute Gasteiger partial charge is 0.309 e.